The van der Waals surface area contributed by atoms with E-state index in [0.29, 0.717) is 35.0 Å². The van der Waals surface area contributed by atoms with Crippen molar-refractivity contribution in [3.63, 3.8) is 0 Å². The summed E-state index contributed by atoms with van der Waals surface area (Å²) in [6, 6.07) is 16.9. The molecule has 0 saturated carbocycles. The van der Waals surface area contributed by atoms with Crippen LogP contribution in [0.2, 0.25) is 0 Å². The van der Waals surface area contributed by atoms with Gasteiger partial charge in [0.2, 0.25) is 5.88 Å². The van der Waals surface area contributed by atoms with Gasteiger partial charge in [0.1, 0.15) is 29.7 Å². The quantitative estimate of drug-likeness (QED) is 0.311. The highest BCUT2D eigenvalue weighted by Gasteiger charge is 2.21. The van der Waals surface area contributed by atoms with Crippen LogP contribution in [0.3, 0.4) is 0 Å². The van der Waals surface area contributed by atoms with Gasteiger partial charge in [-0.3, -0.25) is 0 Å². The number of fused-ring (bicyclic) bond motifs is 1. The first-order valence-electron chi connectivity index (χ1n) is 10.8. The van der Waals surface area contributed by atoms with Crippen LogP contribution in [0.15, 0.2) is 65.6 Å². The summed E-state index contributed by atoms with van der Waals surface area (Å²) in [5.41, 5.74) is 2.71. The fourth-order valence-electron chi connectivity index (χ4n) is 3.45. The van der Waals surface area contributed by atoms with Crippen LogP contribution < -0.4 is 20.5 Å². The van der Waals surface area contributed by atoms with E-state index in [-0.39, 0.29) is 17.8 Å². The summed E-state index contributed by atoms with van der Waals surface area (Å²) < 4.78 is 11.5. The van der Waals surface area contributed by atoms with Gasteiger partial charge in [-0.15, -0.1) is 0 Å². The maximum Gasteiger partial charge on any atom is 0.323 e. The zero-order valence-electron chi connectivity index (χ0n) is 18.9. The molecule has 2 aromatic carbocycles. The molecule has 4 N–H and O–H groups in total. The number of aromatic nitrogens is 3. The monoisotopic (exact) mass is 448 g/mol. The average molecular weight is 449 g/mol. The van der Waals surface area contributed by atoms with Crippen molar-refractivity contribution in [2.24, 2.45) is 0 Å². The average Bonchev–Trinajstić information content (AvgIpc) is 3.19. The minimum Gasteiger partial charge on any atom is -0.489 e. The first-order valence-corrected chi connectivity index (χ1v) is 10.8. The van der Waals surface area contributed by atoms with E-state index in [0.717, 1.165) is 11.1 Å². The SMILES string of the molecule is Cc1ccc(Oc2ccc(C(C)(C)NCC(O)COc3cccc4[nH]c(=O)[nH]c34)cc2)nc1. The fourth-order valence-corrected chi connectivity index (χ4v) is 3.45. The van der Waals surface area contributed by atoms with Gasteiger partial charge in [-0.2, -0.15) is 0 Å². The molecule has 0 aliphatic heterocycles. The van der Waals surface area contributed by atoms with Gasteiger partial charge < -0.3 is 29.9 Å². The molecule has 0 bridgehead atoms. The van der Waals surface area contributed by atoms with Crippen LogP contribution in [0.25, 0.3) is 11.0 Å². The second kappa shape index (κ2) is 9.48. The van der Waals surface area contributed by atoms with E-state index >= 15 is 0 Å². The van der Waals surface area contributed by atoms with E-state index in [1.54, 1.807) is 24.4 Å². The molecule has 0 radical (unpaired) electrons. The third-order valence-corrected chi connectivity index (χ3v) is 5.41. The number of benzene rings is 2. The smallest absolute Gasteiger partial charge is 0.323 e. The van der Waals surface area contributed by atoms with E-state index in [1.807, 2.05) is 57.2 Å². The second-order valence-corrected chi connectivity index (χ2v) is 8.53. The van der Waals surface area contributed by atoms with Gasteiger partial charge in [-0.1, -0.05) is 24.3 Å². The van der Waals surface area contributed by atoms with Crippen molar-refractivity contribution in [2.75, 3.05) is 13.2 Å². The van der Waals surface area contributed by atoms with Crippen molar-refractivity contribution in [1.82, 2.24) is 20.3 Å². The van der Waals surface area contributed by atoms with Crippen molar-refractivity contribution in [1.29, 1.82) is 0 Å². The number of pyridine rings is 1. The molecule has 4 aromatic rings. The minimum atomic E-state index is -0.736. The molecule has 33 heavy (non-hydrogen) atoms. The Balaban J connectivity index is 1.31. The van der Waals surface area contributed by atoms with E-state index in [1.165, 1.54) is 0 Å². The lowest BCUT2D eigenvalue weighted by Gasteiger charge is -2.28. The van der Waals surface area contributed by atoms with Crippen LogP contribution in [0.4, 0.5) is 0 Å². The van der Waals surface area contributed by atoms with E-state index in [4.69, 9.17) is 9.47 Å². The van der Waals surface area contributed by atoms with Gasteiger partial charge in [0.05, 0.1) is 5.52 Å². The Kier molecular flexibility index (Phi) is 6.48. The Morgan fingerprint density at radius 1 is 1.09 bits per heavy atom. The summed E-state index contributed by atoms with van der Waals surface area (Å²) >= 11 is 0. The molecule has 0 amide bonds. The predicted octanol–water partition coefficient (Wildman–Crippen LogP) is 3.62. The van der Waals surface area contributed by atoms with Crippen LogP contribution in [0, 0.1) is 6.92 Å². The normalized spacial score (nSPS) is 12.6. The van der Waals surface area contributed by atoms with Crippen molar-refractivity contribution in [3.05, 3.63) is 82.4 Å². The summed E-state index contributed by atoms with van der Waals surface area (Å²) in [6.07, 6.45) is 1.03. The Hall–Kier alpha value is -3.62. The highest BCUT2D eigenvalue weighted by atomic mass is 16.5. The molecule has 1 unspecified atom stereocenters. The highest BCUT2D eigenvalue weighted by Crippen LogP contribution is 2.25. The van der Waals surface area contributed by atoms with Crippen molar-refractivity contribution in [3.8, 4) is 17.4 Å². The van der Waals surface area contributed by atoms with Crippen molar-refractivity contribution in [2.45, 2.75) is 32.4 Å². The van der Waals surface area contributed by atoms with Crippen LogP contribution in [0.1, 0.15) is 25.0 Å². The summed E-state index contributed by atoms with van der Waals surface area (Å²) in [4.78, 5) is 21.2. The van der Waals surface area contributed by atoms with Gasteiger partial charge in [0, 0.05) is 24.3 Å². The number of aliphatic hydroxyl groups excluding tert-OH is 1. The van der Waals surface area contributed by atoms with E-state index < -0.39 is 6.10 Å². The molecule has 0 fully saturated rings. The third kappa shape index (κ3) is 5.60. The molecular weight excluding hydrogens is 420 g/mol. The predicted molar refractivity (Wildman–Crippen MR) is 127 cm³/mol. The number of hydrogen-bond acceptors (Lipinski definition) is 6. The molecule has 1 atom stereocenters. The zero-order chi connectivity index (χ0) is 23.4. The summed E-state index contributed by atoms with van der Waals surface area (Å²) in [6.45, 7) is 6.49. The van der Waals surface area contributed by atoms with Gasteiger partial charge in [0.25, 0.3) is 0 Å². The minimum absolute atomic E-state index is 0.0890. The number of aliphatic hydroxyl groups is 1. The molecule has 8 heteroatoms. The maximum atomic E-state index is 11.5. The largest absolute Gasteiger partial charge is 0.489 e. The van der Waals surface area contributed by atoms with Crippen molar-refractivity contribution < 1.29 is 14.6 Å². The van der Waals surface area contributed by atoms with Crippen molar-refractivity contribution >= 4 is 11.0 Å². The molecule has 0 aliphatic carbocycles. The van der Waals surface area contributed by atoms with Gasteiger partial charge in [-0.25, -0.2) is 9.78 Å². The maximum absolute atomic E-state index is 11.5. The molecule has 172 valence electrons. The molecule has 2 aromatic heterocycles. The number of nitrogens with zero attached hydrogens (tertiary/aromatic N) is 1. The van der Waals surface area contributed by atoms with Gasteiger partial charge in [-0.05, 0) is 56.2 Å². The Morgan fingerprint density at radius 3 is 2.61 bits per heavy atom. The summed E-state index contributed by atoms with van der Waals surface area (Å²) in [7, 11) is 0. The first kappa shape index (κ1) is 22.6. The first-order chi connectivity index (χ1) is 15.8. The summed E-state index contributed by atoms with van der Waals surface area (Å²) in [5.74, 6) is 1.77. The molecule has 0 saturated heterocycles. The molecule has 8 nitrogen and oxygen atoms in total. The summed E-state index contributed by atoms with van der Waals surface area (Å²) in [5, 5.41) is 13.8. The Morgan fingerprint density at radius 2 is 1.88 bits per heavy atom. The molecular formula is C25H28N4O4. The molecule has 2 heterocycles. The highest BCUT2D eigenvalue weighted by molar-refractivity contribution is 5.80. The standard InChI is InChI=1S/C25H28N4O4/c1-16-7-12-22(26-13-16)33-19-10-8-17(9-11-19)25(2,3)27-14-18(30)15-32-21-6-4-5-20-23(21)29-24(31)28-20/h4-13,18,27,30H,14-15H2,1-3H3,(H2,28,29,31). The number of H-pyrrole nitrogens is 2. The Labute approximate surface area is 191 Å². The topological polar surface area (TPSA) is 112 Å². The fraction of sp³-hybridized carbons (Fsp3) is 0.280. The Bertz CT molecular complexity index is 1260. The number of para-hydroxylation sites is 1. The second-order valence-electron chi connectivity index (χ2n) is 8.53. The number of rotatable bonds is 9. The van der Waals surface area contributed by atoms with Crippen LogP contribution in [0.5, 0.6) is 17.4 Å². The van der Waals surface area contributed by atoms with E-state index in [2.05, 4.69) is 20.3 Å². The van der Waals surface area contributed by atoms with E-state index in [9.17, 15) is 9.90 Å². The number of nitrogens with one attached hydrogen (secondary N) is 3. The van der Waals surface area contributed by atoms with Gasteiger partial charge in [0.15, 0.2) is 0 Å². The van der Waals surface area contributed by atoms with Crippen LogP contribution in [-0.2, 0) is 5.54 Å². The zero-order valence-corrected chi connectivity index (χ0v) is 18.9. The number of imidazole rings is 1. The number of aryl methyl sites for hydroxylation is 1. The lowest BCUT2D eigenvalue weighted by molar-refractivity contribution is 0.0994. The molecule has 4 rings (SSSR count). The third-order valence-electron chi connectivity index (χ3n) is 5.41. The lowest BCUT2D eigenvalue weighted by Crippen LogP contribution is -2.42. The lowest BCUT2D eigenvalue weighted by atomic mass is 9.94. The molecule has 0 aliphatic rings. The molecule has 0 spiro atoms. The van der Waals surface area contributed by atoms with Crippen LogP contribution in [-0.4, -0.2) is 39.3 Å². The van der Waals surface area contributed by atoms with Crippen LogP contribution >= 0.6 is 0 Å². The number of aromatic amines is 2. The number of hydrogen-bond donors (Lipinski definition) is 4. The number of ether oxygens (including phenoxy) is 2. The van der Waals surface area contributed by atoms with Gasteiger partial charge >= 0.3 is 5.69 Å².